The fourth-order valence-corrected chi connectivity index (χ4v) is 7.86. The lowest BCUT2D eigenvalue weighted by Crippen LogP contribution is -2.57. The third kappa shape index (κ3) is 4.95. The molecule has 216 valence electrons. The summed E-state index contributed by atoms with van der Waals surface area (Å²) in [5.41, 5.74) is -0.665. The molecular formula is C30H38Cl2N4O4. The van der Waals surface area contributed by atoms with Crippen molar-refractivity contribution >= 4 is 46.6 Å². The van der Waals surface area contributed by atoms with Crippen LogP contribution in [0.2, 0.25) is 10.0 Å². The lowest BCUT2D eigenvalue weighted by Gasteiger charge is -2.37. The van der Waals surface area contributed by atoms with E-state index in [9.17, 15) is 14.4 Å². The van der Waals surface area contributed by atoms with E-state index in [1.165, 1.54) is 12.8 Å². The zero-order valence-electron chi connectivity index (χ0n) is 22.9. The second-order valence-corrected chi connectivity index (χ2v) is 12.9. The number of carbonyl (C=O) groups is 3. The molecule has 4 aliphatic heterocycles. The summed E-state index contributed by atoms with van der Waals surface area (Å²) in [6.45, 7) is 4.33. The van der Waals surface area contributed by atoms with Crippen LogP contribution in [0.25, 0.3) is 0 Å². The quantitative estimate of drug-likeness (QED) is 0.460. The van der Waals surface area contributed by atoms with Crippen molar-refractivity contribution in [3.05, 3.63) is 40.4 Å². The standard InChI is InChI=1S/C30H38Cl2N4O4/c1-18-7-5-6-14-35(18)15-16-36-26(28(38)33-19-8-3-2-4-9-19)30-13-12-23(40-30)24(25(30)29(36)39)27(37)34-20-10-11-21(31)22(32)17-20/h10-13,17-19,23-26H,2-9,14-16H2,1H3,(H,33,38)(H,34,37). The average Bonchev–Trinajstić information content (AvgIpc) is 3.58. The van der Waals surface area contributed by atoms with Crippen molar-refractivity contribution in [2.45, 2.75) is 88.1 Å². The van der Waals surface area contributed by atoms with Crippen molar-refractivity contribution in [1.82, 2.24) is 15.1 Å². The topological polar surface area (TPSA) is 91.0 Å². The number of amides is 3. The van der Waals surface area contributed by atoms with Gasteiger partial charge in [-0.3, -0.25) is 19.3 Å². The normalized spacial score (nSPS) is 33.8. The van der Waals surface area contributed by atoms with Crippen LogP contribution >= 0.6 is 23.2 Å². The number of halogens is 2. The molecule has 2 bridgehead atoms. The van der Waals surface area contributed by atoms with Crippen LogP contribution in [0.5, 0.6) is 0 Å². The SMILES string of the molecule is CC1CCCCN1CCN1C(=O)C2C(C(=O)Nc3ccc(Cl)c(Cl)c3)C3C=CC2(O3)C1C(=O)NC1CCCCC1. The summed E-state index contributed by atoms with van der Waals surface area (Å²) in [4.78, 5) is 45.9. The number of piperidine rings is 1. The van der Waals surface area contributed by atoms with Crippen LogP contribution in [0, 0.1) is 11.8 Å². The van der Waals surface area contributed by atoms with E-state index in [2.05, 4.69) is 22.5 Å². The number of hydrogen-bond acceptors (Lipinski definition) is 5. The molecule has 0 radical (unpaired) electrons. The Balaban J connectivity index is 1.27. The summed E-state index contributed by atoms with van der Waals surface area (Å²) in [6, 6.07) is 4.62. The summed E-state index contributed by atoms with van der Waals surface area (Å²) < 4.78 is 6.48. The van der Waals surface area contributed by atoms with Crippen molar-refractivity contribution in [1.29, 1.82) is 0 Å². The smallest absolute Gasteiger partial charge is 0.246 e. The lowest BCUT2D eigenvalue weighted by atomic mass is 9.74. The summed E-state index contributed by atoms with van der Waals surface area (Å²) in [5, 5.41) is 6.88. The molecule has 8 nitrogen and oxygen atoms in total. The molecule has 3 saturated heterocycles. The second kappa shape index (κ2) is 11.3. The Bertz CT molecular complexity index is 1200. The third-order valence-corrected chi connectivity index (χ3v) is 10.4. The molecule has 5 aliphatic rings. The molecule has 10 heteroatoms. The van der Waals surface area contributed by atoms with E-state index in [4.69, 9.17) is 27.9 Å². The van der Waals surface area contributed by atoms with E-state index in [1.54, 1.807) is 23.1 Å². The molecule has 4 fully saturated rings. The molecule has 1 aromatic carbocycles. The molecule has 4 heterocycles. The van der Waals surface area contributed by atoms with Gasteiger partial charge < -0.3 is 20.3 Å². The Morgan fingerprint density at radius 2 is 1.80 bits per heavy atom. The van der Waals surface area contributed by atoms with E-state index >= 15 is 0 Å². The van der Waals surface area contributed by atoms with Crippen molar-refractivity contribution in [3.63, 3.8) is 0 Å². The van der Waals surface area contributed by atoms with Crippen LogP contribution < -0.4 is 10.6 Å². The van der Waals surface area contributed by atoms with Crippen LogP contribution in [0.1, 0.15) is 58.3 Å². The summed E-state index contributed by atoms with van der Waals surface area (Å²) in [6.07, 6.45) is 11.9. The Morgan fingerprint density at radius 3 is 2.55 bits per heavy atom. The number of nitrogens with one attached hydrogen (secondary N) is 2. The molecule has 1 saturated carbocycles. The minimum Gasteiger partial charge on any atom is -0.359 e. The van der Waals surface area contributed by atoms with Gasteiger partial charge in [0.05, 0.1) is 28.0 Å². The first-order valence-corrected chi connectivity index (χ1v) is 15.5. The molecule has 6 rings (SSSR count). The van der Waals surface area contributed by atoms with E-state index < -0.39 is 29.6 Å². The average molecular weight is 590 g/mol. The first kappa shape index (κ1) is 28.0. The number of ether oxygens (including phenoxy) is 1. The zero-order chi connectivity index (χ0) is 28.0. The lowest BCUT2D eigenvalue weighted by molar-refractivity contribution is -0.141. The van der Waals surface area contributed by atoms with Crippen molar-refractivity contribution < 1.29 is 19.1 Å². The van der Waals surface area contributed by atoms with Gasteiger partial charge in [-0.05, 0) is 57.4 Å². The molecule has 6 atom stereocenters. The van der Waals surface area contributed by atoms with Crippen molar-refractivity contribution in [3.8, 4) is 0 Å². The molecule has 3 amide bonds. The van der Waals surface area contributed by atoms with Gasteiger partial charge in [0.25, 0.3) is 0 Å². The molecular weight excluding hydrogens is 551 g/mol. The summed E-state index contributed by atoms with van der Waals surface area (Å²) in [5.74, 6) is -2.22. The van der Waals surface area contributed by atoms with Gasteiger partial charge in [-0.25, -0.2) is 0 Å². The number of likely N-dealkylation sites (tertiary alicyclic amines) is 2. The van der Waals surface area contributed by atoms with Gasteiger partial charge in [0.2, 0.25) is 17.7 Å². The Hall–Kier alpha value is -2.13. The summed E-state index contributed by atoms with van der Waals surface area (Å²) >= 11 is 12.2. The maximum atomic E-state index is 14.2. The molecule has 1 aliphatic carbocycles. The van der Waals surface area contributed by atoms with Crippen LogP contribution in [0.4, 0.5) is 5.69 Å². The van der Waals surface area contributed by atoms with Gasteiger partial charge in [0.15, 0.2) is 0 Å². The fourth-order valence-electron chi connectivity index (χ4n) is 7.56. The van der Waals surface area contributed by atoms with E-state index in [0.717, 1.165) is 45.1 Å². The predicted molar refractivity (Wildman–Crippen MR) is 154 cm³/mol. The van der Waals surface area contributed by atoms with Crippen molar-refractivity contribution in [2.24, 2.45) is 11.8 Å². The van der Waals surface area contributed by atoms with E-state index in [-0.39, 0.29) is 23.8 Å². The Morgan fingerprint density at radius 1 is 1.02 bits per heavy atom. The molecule has 40 heavy (non-hydrogen) atoms. The van der Waals surface area contributed by atoms with E-state index in [0.29, 0.717) is 34.9 Å². The largest absolute Gasteiger partial charge is 0.359 e. The summed E-state index contributed by atoms with van der Waals surface area (Å²) in [7, 11) is 0. The molecule has 0 aromatic heterocycles. The second-order valence-electron chi connectivity index (χ2n) is 12.1. The van der Waals surface area contributed by atoms with Crippen LogP contribution in [0.15, 0.2) is 30.4 Å². The highest BCUT2D eigenvalue weighted by atomic mass is 35.5. The maximum Gasteiger partial charge on any atom is 0.246 e. The highest BCUT2D eigenvalue weighted by molar-refractivity contribution is 6.42. The first-order valence-electron chi connectivity index (χ1n) is 14.8. The minimum atomic E-state index is -1.16. The number of rotatable bonds is 7. The minimum absolute atomic E-state index is 0.104. The van der Waals surface area contributed by atoms with Gasteiger partial charge in [0.1, 0.15) is 11.6 Å². The number of nitrogens with zero attached hydrogens (tertiary/aromatic N) is 2. The first-order chi connectivity index (χ1) is 19.3. The Labute approximate surface area is 245 Å². The fraction of sp³-hybridized carbons (Fsp3) is 0.633. The van der Waals surface area contributed by atoms with Gasteiger partial charge in [-0.1, -0.05) is 61.0 Å². The predicted octanol–water partition coefficient (Wildman–Crippen LogP) is 4.41. The maximum absolute atomic E-state index is 14.2. The number of fused-ring (bicyclic) bond motifs is 1. The van der Waals surface area contributed by atoms with Gasteiger partial charge in [-0.15, -0.1) is 0 Å². The van der Waals surface area contributed by atoms with Crippen LogP contribution in [0.3, 0.4) is 0 Å². The number of hydrogen-bond donors (Lipinski definition) is 2. The van der Waals surface area contributed by atoms with Crippen LogP contribution in [-0.2, 0) is 19.1 Å². The zero-order valence-corrected chi connectivity index (χ0v) is 24.4. The molecule has 1 aromatic rings. The third-order valence-electron chi connectivity index (χ3n) is 9.63. The van der Waals surface area contributed by atoms with Crippen molar-refractivity contribution in [2.75, 3.05) is 25.0 Å². The van der Waals surface area contributed by atoms with Crippen LogP contribution in [-0.4, -0.2) is 77.0 Å². The number of anilines is 1. The monoisotopic (exact) mass is 588 g/mol. The molecule has 6 unspecified atom stereocenters. The number of carbonyl (C=O) groups excluding carboxylic acids is 3. The number of benzene rings is 1. The van der Waals surface area contributed by atoms with Gasteiger partial charge in [-0.2, -0.15) is 0 Å². The highest BCUT2D eigenvalue weighted by Gasteiger charge is 2.72. The Kier molecular flexibility index (Phi) is 7.89. The van der Waals surface area contributed by atoms with Gasteiger partial charge >= 0.3 is 0 Å². The van der Waals surface area contributed by atoms with E-state index in [1.807, 2.05) is 12.2 Å². The molecule has 2 N–H and O–H groups in total. The molecule has 1 spiro atoms. The highest BCUT2D eigenvalue weighted by Crippen LogP contribution is 2.55. The van der Waals surface area contributed by atoms with Gasteiger partial charge in [0, 0.05) is 30.9 Å².